The summed E-state index contributed by atoms with van der Waals surface area (Å²) in [6.45, 7) is 9.23. The highest BCUT2D eigenvalue weighted by Crippen LogP contribution is 2.48. The fourth-order valence-electron chi connectivity index (χ4n) is 4.80. The Bertz CT molecular complexity index is 839. The molecular weight excluding hydrogens is 368 g/mol. The highest BCUT2D eigenvalue weighted by molar-refractivity contribution is 6.02. The van der Waals surface area contributed by atoms with Crippen LogP contribution in [-0.4, -0.2) is 54.6 Å². The van der Waals surface area contributed by atoms with Crippen LogP contribution in [-0.2, 0) is 14.3 Å². The predicted molar refractivity (Wildman–Crippen MR) is 109 cm³/mol. The zero-order valence-electron chi connectivity index (χ0n) is 17.6. The summed E-state index contributed by atoms with van der Waals surface area (Å²) in [5, 5.41) is 3.86. The molecule has 0 bridgehead atoms. The Hall–Kier alpha value is -2.18. The van der Waals surface area contributed by atoms with E-state index in [9.17, 15) is 9.59 Å². The molecule has 2 heterocycles. The van der Waals surface area contributed by atoms with Gasteiger partial charge in [-0.3, -0.25) is 9.59 Å². The fourth-order valence-corrected chi connectivity index (χ4v) is 4.80. The van der Waals surface area contributed by atoms with E-state index < -0.39 is 0 Å². The summed E-state index contributed by atoms with van der Waals surface area (Å²) in [6, 6.07) is 7.80. The Labute approximate surface area is 172 Å². The standard InChI is InChI=1S/C23H30N2O4/c1-4-29-20-8-6-5-7-16(20)17-13-21(27)25(24-9-11-28-12-10-24)18-14-23(2,3)15-19(26)22(17)18/h5-8,17H,4,9-15H2,1-3H3. The van der Waals surface area contributed by atoms with Crippen molar-refractivity contribution in [1.82, 2.24) is 10.0 Å². The van der Waals surface area contributed by atoms with Crippen molar-refractivity contribution in [3.05, 3.63) is 41.1 Å². The molecule has 6 nitrogen and oxygen atoms in total. The maximum Gasteiger partial charge on any atom is 0.242 e. The Morgan fingerprint density at radius 3 is 2.59 bits per heavy atom. The van der Waals surface area contributed by atoms with Crippen LogP contribution < -0.4 is 4.74 Å². The van der Waals surface area contributed by atoms with Crippen LogP contribution >= 0.6 is 0 Å². The number of carbonyl (C=O) groups excluding carboxylic acids is 2. The van der Waals surface area contributed by atoms with Gasteiger partial charge < -0.3 is 9.47 Å². The van der Waals surface area contributed by atoms with Crippen molar-refractivity contribution in [2.45, 2.75) is 46.0 Å². The lowest BCUT2D eigenvalue weighted by Gasteiger charge is -2.47. The van der Waals surface area contributed by atoms with Crippen molar-refractivity contribution < 1.29 is 19.1 Å². The molecule has 0 aromatic heterocycles. The van der Waals surface area contributed by atoms with E-state index in [0.29, 0.717) is 45.8 Å². The van der Waals surface area contributed by atoms with E-state index in [4.69, 9.17) is 9.47 Å². The number of ether oxygens (including phenoxy) is 2. The SMILES string of the molecule is CCOc1ccccc1C1CC(=O)N(N2CCOCC2)C2=C1C(=O)CC(C)(C)C2. The minimum atomic E-state index is -0.249. The van der Waals surface area contributed by atoms with Crippen molar-refractivity contribution in [2.24, 2.45) is 5.41 Å². The second-order valence-electron chi connectivity index (χ2n) is 8.80. The minimum absolute atomic E-state index is 0.0486. The van der Waals surface area contributed by atoms with E-state index in [1.807, 2.05) is 31.2 Å². The van der Waals surface area contributed by atoms with Gasteiger partial charge in [0, 0.05) is 48.7 Å². The number of Topliss-reactive ketones (excluding diaryl/α,β-unsaturated/α-hetero) is 1. The summed E-state index contributed by atoms with van der Waals surface area (Å²) in [6.07, 6.45) is 1.50. The average Bonchev–Trinajstić information content (AvgIpc) is 2.67. The summed E-state index contributed by atoms with van der Waals surface area (Å²) in [5.74, 6) is 0.712. The molecule has 1 saturated heterocycles. The van der Waals surface area contributed by atoms with Gasteiger partial charge in [0.2, 0.25) is 5.91 Å². The van der Waals surface area contributed by atoms with Gasteiger partial charge in [-0.15, -0.1) is 0 Å². The van der Waals surface area contributed by atoms with Crippen molar-refractivity contribution in [2.75, 3.05) is 32.9 Å². The molecule has 1 atom stereocenters. The van der Waals surface area contributed by atoms with Crippen molar-refractivity contribution >= 4 is 11.7 Å². The molecule has 6 heteroatoms. The topological polar surface area (TPSA) is 59.1 Å². The maximum atomic E-state index is 13.4. The second-order valence-corrected chi connectivity index (χ2v) is 8.80. The Morgan fingerprint density at radius 2 is 1.86 bits per heavy atom. The molecule has 1 aromatic carbocycles. The molecule has 4 rings (SSSR count). The van der Waals surface area contributed by atoms with Crippen LogP contribution in [0.2, 0.25) is 0 Å². The molecule has 0 N–H and O–H groups in total. The molecule has 156 valence electrons. The van der Waals surface area contributed by atoms with E-state index in [-0.39, 0.29) is 29.4 Å². The highest BCUT2D eigenvalue weighted by Gasteiger charge is 2.46. The molecule has 1 amide bonds. The molecule has 0 spiro atoms. The first-order chi connectivity index (χ1) is 13.9. The second kappa shape index (κ2) is 7.92. The van der Waals surface area contributed by atoms with Gasteiger partial charge in [0.15, 0.2) is 5.78 Å². The van der Waals surface area contributed by atoms with Gasteiger partial charge >= 0.3 is 0 Å². The number of para-hydroxylation sites is 1. The number of amides is 1. The molecular formula is C23H30N2O4. The number of allylic oxidation sites excluding steroid dienone is 2. The molecule has 0 radical (unpaired) electrons. The number of rotatable bonds is 4. The quantitative estimate of drug-likeness (QED) is 0.779. The van der Waals surface area contributed by atoms with E-state index in [1.165, 1.54) is 0 Å². The Kier molecular flexibility index (Phi) is 5.49. The van der Waals surface area contributed by atoms with E-state index in [2.05, 4.69) is 18.9 Å². The lowest BCUT2D eigenvalue weighted by molar-refractivity contribution is -0.154. The number of nitrogens with zero attached hydrogens (tertiary/aromatic N) is 2. The van der Waals surface area contributed by atoms with Gasteiger partial charge in [-0.25, -0.2) is 10.0 Å². The van der Waals surface area contributed by atoms with E-state index in [0.717, 1.165) is 22.6 Å². The number of ketones is 1. The molecule has 1 aliphatic carbocycles. The fraction of sp³-hybridized carbons (Fsp3) is 0.565. The third-order valence-corrected chi connectivity index (χ3v) is 5.98. The number of hydrogen-bond acceptors (Lipinski definition) is 5. The first kappa shape index (κ1) is 20.1. The molecule has 1 aromatic rings. The maximum absolute atomic E-state index is 13.4. The molecule has 1 fully saturated rings. The van der Waals surface area contributed by atoms with Crippen molar-refractivity contribution in [3.63, 3.8) is 0 Å². The normalized spacial score (nSPS) is 25.2. The summed E-state index contributed by atoms with van der Waals surface area (Å²) >= 11 is 0. The van der Waals surface area contributed by atoms with Crippen molar-refractivity contribution in [1.29, 1.82) is 0 Å². The number of hydrogen-bond donors (Lipinski definition) is 0. The van der Waals surface area contributed by atoms with Crippen LogP contribution in [0.4, 0.5) is 0 Å². The predicted octanol–water partition coefficient (Wildman–Crippen LogP) is 3.29. The summed E-state index contributed by atoms with van der Waals surface area (Å²) < 4.78 is 11.3. The monoisotopic (exact) mass is 398 g/mol. The lowest BCUT2D eigenvalue weighted by atomic mass is 9.69. The molecule has 3 aliphatic rings. The molecule has 0 saturated carbocycles. The zero-order valence-corrected chi connectivity index (χ0v) is 17.6. The average molecular weight is 399 g/mol. The van der Waals surface area contributed by atoms with Gasteiger partial charge in [-0.05, 0) is 24.8 Å². The minimum Gasteiger partial charge on any atom is -0.494 e. The number of morpholine rings is 1. The zero-order chi connectivity index (χ0) is 20.6. The molecule has 2 aliphatic heterocycles. The summed E-state index contributed by atoms with van der Waals surface area (Å²) in [5.41, 5.74) is 2.44. The van der Waals surface area contributed by atoms with Crippen LogP contribution in [0.25, 0.3) is 0 Å². The first-order valence-electron chi connectivity index (χ1n) is 10.5. The van der Waals surface area contributed by atoms with Crippen molar-refractivity contribution in [3.8, 4) is 5.75 Å². The van der Waals surface area contributed by atoms with Gasteiger partial charge in [-0.2, -0.15) is 0 Å². The van der Waals surface area contributed by atoms with Crippen LogP contribution in [0, 0.1) is 5.41 Å². The van der Waals surface area contributed by atoms with Crippen LogP contribution in [0.3, 0.4) is 0 Å². The van der Waals surface area contributed by atoms with Crippen LogP contribution in [0.15, 0.2) is 35.5 Å². The summed E-state index contributed by atoms with van der Waals surface area (Å²) in [4.78, 5) is 26.7. The largest absolute Gasteiger partial charge is 0.494 e. The highest BCUT2D eigenvalue weighted by atomic mass is 16.5. The number of benzene rings is 1. The number of hydrazine groups is 1. The third-order valence-electron chi connectivity index (χ3n) is 5.98. The molecule has 29 heavy (non-hydrogen) atoms. The Balaban J connectivity index is 1.83. The molecule has 1 unspecified atom stereocenters. The van der Waals surface area contributed by atoms with Gasteiger partial charge in [0.1, 0.15) is 5.75 Å². The van der Waals surface area contributed by atoms with Gasteiger partial charge in [0.25, 0.3) is 0 Å². The van der Waals surface area contributed by atoms with Gasteiger partial charge in [0.05, 0.1) is 19.8 Å². The van der Waals surface area contributed by atoms with Crippen LogP contribution in [0.5, 0.6) is 5.75 Å². The smallest absolute Gasteiger partial charge is 0.242 e. The third kappa shape index (κ3) is 3.83. The van der Waals surface area contributed by atoms with E-state index in [1.54, 1.807) is 5.01 Å². The van der Waals surface area contributed by atoms with E-state index >= 15 is 0 Å². The van der Waals surface area contributed by atoms with Gasteiger partial charge in [-0.1, -0.05) is 32.0 Å². The first-order valence-corrected chi connectivity index (χ1v) is 10.5. The van der Waals surface area contributed by atoms with Crippen LogP contribution in [0.1, 0.15) is 51.5 Å². The Morgan fingerprint density at radius 1 is 1.14 bits per heavy atom. The summed E-state index contributed by atoms with van der Waals surface area (Å²) in [7, 11) is 0. The number of carbonyl (C=O) groups is 2. The lowest BCUT2D eigenvalue weighted by Crippen LogP contribution is -2.55.